The minimum Gasteiger partial charge on any atom is -0.493 e. The fourth-order valence-electron chi connectivity index (χ4n) is 2.05. The van der Waals surface area contributed by atoms with Crippen molar-refractivity contribution in [2.75, 3.05) is 12.4 Å². The van der Waals surface area contributed by atoms with Gasteiger partial charge in [0.2, 0.25) is 0 Å². The fraction of sp³-hybridized carbons (Fsp3) is 0.429. The van der Waals surface area contributed by atoms with Crippen LogP contribution < -0.4 is 10.5 Å². The van der Waals surface area contributed by atoms with Gasteiger partial charge in [0.05, 0.1) is 13.2 Å². The highest BCUT2D eigenvalue weighted by atomic mass is 32.2. The van der Waals surface area contributed by atoms with Crippen LogP contribution in [0.3, 0.4) is 0 Å². The molecule has 1 aliphatic carbocycles. The third kappa shape index (κ3) is 3.13. The fourth-order valence-corrected chi connectivity index (χ4v) is 2.90. The molecule has 0 aliphatic heterocycles. The van der Waals surface area contributed by atoms with Crippen molar-refractivity contribution in [3.8, 4) is 5.75 Å². The Kier molecular flexibility index (Phi) is 4.22. The molecule has 3 rings (SSSR count). The number of hydrogen-bond acceptors (Lipinski definition) is 5. The molecule has 1 heterocycles. The molecule has 1 aromatic heterocycles. The Bertz CT molecular complexity index is 554. The van der Waals surface area contributed by atoms with E-state index in [9.17, 15) is 0 Å². The molecule has 0 radical (unpaired) electrons. The predicted octanol–water partition coefficient (Wildman–Crippen LogP) is 2.24. The first-order chi connectivity index (χ1) is 9.88. The molecule has 0 amide bonds. The smallest absolute Gasteiger partial charge is 0.191 e. The lowest BCUT2D eigenvalue weighted by Crippen LogP contribution is -2.08. The maximum Gasteiger partial charge on any atom is 0.191 e. The lowest BCUT2D eigenvalue weighted by molar-refractivity contribution is 0.344. The average Bonchev–Trinajstić information content (AvgIpc) is 3.25. The van der Waals surface area contributed by atoms with Gasteiger partial charge in [-0.2, -0.15) is 0 Å². The standard InChI is InChI=1S/C14H18N4OS/c15-10-13-16-17-14(18(13)11-6-7-11)20-9-8-19-12-4-2-1-3-5-12/h1-5,11H,6-10,15H2. The van der Waals surface area contributed by atoms with Crippen molar-refractivity contribution in [1.82, 2.24) is 14.8 Å². The number of thioether (sulfide) groups is 1. The maximum absolute atomic E-state index is 5.70. The second-order valence-electron chi connectivity index (χ2n) is 4.71. The van der Waals surface area contributed by atoms with Gasteiger partial charge in [0.25, 0.3) is 0 Å². The molecule has 0 atom stereocenters. The summed E-state index contributed by atoms with van der Waals surface area (Å²) in [7, 11) is 0. The average molecular weight is 290 g/mol. The highest BCUT2D eigenvalue weighted by Crippen LogP contribution is 2.38. The summed E-state index contributed by atoms with van der Waals surface area (Å²) in [6, 6.07) is 10.4. The largest absolute Gasteiger partial charge is 0.493 e. The van der Waals surface area contributed by atoms with E-state index in [1.165, 1.54) is 12.8 Å². The molecule has 1 fully saturated rings. The Balaban J connectivity index is 1.52. The molecule has 2 N–H and O–H groups in total. The summed E-state index contributed by atoms with van der Waals surface area (Å²) in [6.45, 7) is 1.11. The van der Waals surface area contributed by atoms with Crippen molar-refractivity contribution >= 4 is 11.8 Å². The Morgan fingerprint density at radius 1 is 1.25 bits per heavy atom. The first kappa shape index (κ1) is 13.5. The van der Waals surface area contributed by atoms with Gasteiger partial charge in [0, 0.05) is 11.8 Å². The first-order valence-corrected chi connectivity index (χ1v) is 7.81. The lowest BCUT2D eigenvalue weighted by atomic mass is 10.3. The monoisotopic (exact) mass is 290 g/mol. The van der Waals surface area contributed by atoms with Gasteiger partial charge < -0.3 is 15.0 Å². The first-order valence-electron chi connectivity index (χ1n) is 6.83. The van der Waals surface area contributed by atoms with E-state index in [-0.39, 0.29) is 0 Å². The number of rotatable bonds is 7. The molecule has 0 bridgehead atoms. The minimum absolute atomic E-state index is 0.449. The lowest BCUT2D eigenvalue weighted by Gasteiger charge is -2.08. The molecule has 0 saturated heterocycles. The van der Waals surface area contributed by atoms with Crippen LogP contribution in [-0.4, -0.2) is 27.1 Å². The summed E-state index contributed by atoms with van der Waals surface area (Å²) in [6.07, 6.45) is 2.41. The highest BCUT2D eigenvalue weighted by molar-refractivity contribution is 7.99. The molecule has 0 spiro atoms. The summed E-state index contributed by atoms with van der Waals surface area (Å²) in [4.78, 5) is 0. The molecule has 1 aromatic carbocycles. The quantitative estimate of drug-likeness (QED) is 0.626. The summed E-state index contributed by atoms with van der Waals surface area (Å²) < 4.78 is 7.86. The van der Waals surface area contributed by atoms with Gasteiger partial charge in [-0.1, -0.05) is 30.0 Å². The van der Waals surface area contributed by atoms with Crippen molar-refractivity contribution < 1.29 is 4.74 Å². The number of benzene rings is 1. The van der Waals surface area contributed by atoms with Crippen LogP contribution >= 0.6 is 11.8 Å². The topological polar surface area (TPSA) is 66.0 Å². The molecule has 0 unspecified atom stereocenters. The molecule has 20 heavy (non-hydrogen) atoms. The SMILES string of the molecule is NCc1nnc(SCCOc2ccccc2)n1C1CC1. The van der Waals surface area contributed by atoms with Gasteiger partial charge in [-0.05, 0) is 25.0 Å². The zero-order valence-corrected chi connectivity index (χ0v) is 12.1. The van der Waals surface area contributed by atoms with Crippen molar-refractivity contribution in [1.29, 1.82) is 0 Å². The van der Waals surface area contributed by atoms with Crippen LogP contribution in [0.25, 0.3) is 0 Å². The number of nitrogens with zero attached hydrogens (tertiary/aromatic N) is 3. The van der Waals surface area contributed by atoms with Crippen molar-refractivity contribution in [2.24, 2.45) is 5.73 Å². The van der Waals surface area contributed by atoms with Gasteiger partial charge in [0.15, 0.2) is 5.16 Å². The van der Waals surface area contributed by atoms with E-state index in [4.69, 9.17) is 10.5 Å². The molecule has 1 aliphatic rings. The Labute approximate surface area is 122 Å². The number of nitrogens with two attached hydrogens (primary N) is 1. The molecular weight excluding hydrogens is 272 g/mol. The van der Waals surface area contributed by atoms with Crippen LogP contribution in [0.1, 0.15) is 24.7 Å². The van der Waals surface area contributed by atoms with E-state index in [1.54, 1.807) is 11.8 Å². The van der Waals surface area contributed by atoms with Gasteiger partial charge in [-0.15, -0.1) is 10.2 Å². The van der Waals surface area contributed by atoms with Gasteiger partial charge in [0.1, 0.15) is 11.6 Å². The summed E-state index contributed by atoms with van der Waals surface area (Å²) >= 11 is 1.68. The van der Waals surface area contributed by atoms with Crippen molar-refractivity contribution in [3.05, 3.63) is 36.2 Å². The Morgan fingerprint density at radius 3 is 2.75 bits per heavy atom. The van der Waals surface area contributed by atoms with Crippen LogP contribution in [0.15, 0.2) is 35.5 Å². The number of para-hydroxylation sites is 1. The van der Waals surface area contributed by atoms with Crippen LogP contribution in [0.2, 0.25) is 0 Å². The van der Waals surface area contributed by atoms with E-state index in [0.717, 1.165) is 22.5 Å². The second kappa shape index (κ2) is 6.28. The Hall–Kier alpha value is -1.53. The highest BCUT2D eigenvalue weighted by Gasteiger charge is 2.29. The summed E-state index contributed by atoms with van der Waals surface area (Å²) in [5.74, 6) is 2.64. The normalized spacial score (nSPS) is 14.4. The minimum atomic E-state index is 0.449. The summed E-state index contributed by atoms with van der Waals surface area (Å²) in [5.41, 5.74) is 5.70. The third-order valence-corrected chi connectivity index (χ3v) is 4.06. The summed E-state index contributed by atoms with van der Waals surface area (Å²) in [5, 5.41) is 9.35. The van der Waals surface area contributed by atoms with Crippen LogP contribution in [0, 0.1) is 0 Å². The van der Waals surface area contributed by atoms with E-state index >= 15 is 0 Å². The van der Waals surface area contributed by atoms with Crippen LogP contribution in [0.4, 0.5) is 0 Å². The molecule has 106 valence electrons. The van der Waals surface area contributed by atoms with Crippen molar-refractivity contribution in [3.63, 3.8) is 0 Å². The zero-order valence-electron chi connectivity index (χ0n) is 11.2. The number of aromatic nitrogens is 3. The molecule has 1 saturated carbocycles. The second-order valence-corrected chi connectivity index (χ2v) is 5.78. The van der Waals surface area contributed by atoms with Gasteiger partial charge >= 0.3 is 0 Å². The molecule has 2 aromatic rings. The predicted molar refractivity (Wildman–Crippen MR) is 78.8 cm³/mol. The number of hydrogen-bond donors (Lipinski definition) is 1. The maximum atomic E-state index is 5.70. The van der Waals surface area contributed by atoms with E-state index in [1.807, 2.05) is 30.3 Å². The molecule has 5 nitrogen and oxygen atoms in total. The van der Waals surface area contributed by atoms with Crippen molar-refractivity contribution in [2.45, 2.75) is 30.6 Å². The molecule has 6 heteroatoms. The number of ether oxygens (including phenoxy) is 1. The molecular formula is C14H18N4OS. The van der Waals surface area contributed by atoms with E-state index in [0.29, 0.717) is 19.2 Å². The Morgan fingerprint density at radius 2 is 2.05 bits per heavy atom. The zero-order chi connectivity index (χ0) is 13.8. The van der Waals surface area contributed by atoms with E-state index in [2.05, 4.69) is 14.8 Å². The van der Waals surface area contributed by atoms with Crippen LogP contribution in [-0.2, 0) is 6.54 Å². The van der Waals surface area contributed by atoms with Crippen LogP contribution in [0.5, 0.6) is 5.75 Å². The van der Waals surface area contributed by atoms with Gasteiger partial charge in [-0.25, -0.2) is 0 Å². The van der Waals surface area contributed by atoms with E-state index < -0.39 is 0 Å². The van der Waals surface area contributed by atoms with Gasteiger partial charge in [-0.3, -0.25) is 0 Å². The third-order valence-electron chi connectivity index (χ3n) is 3.16.